The molecule has 0 saturated carbocycles. The van der Waals surface area contributed by atoms with E-state index >= 15 is 0 Å². The molecule has 21 heavy (non-hydrogen) atoms. The number of anilines is 1. The summed E-state index contributed by atoms with van der Waals surface area (Å²) < 4.78 is 10.3. The summed E-state index contributed by atoms with van der Waals surface area (Å²) in [4.78, 5) is 2.29. The van der Waals surface area contributed by atoms with Gasteiger partial charge in [0.1, 0.15) is 11.3 Å². The standard InChI is InChI=1S/C16H17BN3O/c1-12-11-15-16(13-7-4-5-8-14(13)21-15)19(3)17(12)20-10-6-9-18(20)2/h4-11H,1-3H3/q+1. The van der Waals surface area contributed by atoms with E-state index in [9.17, 15) is 0 Å². The number of aromatic nitrogens is 2. The molecule has 0 aliphatic carbocycles. The molecular weight excluding hydrogens is 261 g/mol. The van der Waals surface area contributed by atoms with Crippen LogP contribution >= 0.6 is 0 Å². The summed E-state index contributed by atoms with van der Waals surface area (Å²) in [6, 6.07) is 10.3. The van der Waals surface area contributed by atoms with Crippen molar-refractivity contribution in [3.05, 3.63) is 54.0 Å². The lowest BCUT2D eigenvalue weighted by Gasteiger charge is -2.24. The van der Waals surface area contributed by atoms with Gasteiger partial charge in [-0.3, -0.25) is 0 Å². The average Bonchev–Trinajstić information content (AvgIpc) is 3.02. The Labute approximate surface area is 124 Å². The van der Waals surface area contributed by atoms with E-state index in [0.717, 1.165) is 17.0 Å². The molecule has 0 radical (unpaired) electrons. The summed E-state index contributed by atoms with van der Waals surface area (Å²) in [7, 11) is 4.19. The SMILES string of the molecule is CC1=Cc2oc3ccccc3c2N(C)B1[n+]1cccn1C. The molecule has 3 aromatic rings. The quantitative estimate of drug-likeness (QED) is 0.639. The van der Waals surface area contributed by atoms with Gasteiger partial charge in [0.2, 0.25) is 0 Å². The minimum absolute atomic E-state index is 0.165. The van der Waals surface area contributed by atoms with E-state index in [1.165, 1.54) is 10.9 Å². The van der Waals surface area contributed by atoms with Gasteiger partial charge in [-0.15, -0.1) is 0 Å². The lowest BCUT2D eigenvalue weighted by molar-refractivity contribution is -0.629. The Balaban J connectivity index is 1.95. The normalized spacial score (nSPS) is 14.5. The van der Waals surface area contributed by atoms with Crippen molar-refractivity contribution in [2.45, 2.75) is 6.92 Å². The molecule has 0 saturated heterocycles. The first-order chi connectivity index (χ1) is 10.2. The fourth-order valence-electron chi connectivity index (χ4n) is 3.29. The van der Waals surface area contributed by atoms with E-state index in [0.29, 0.717) is 0 Å². The monoisotopic (exact) mass is 278 g/mol. The summed E-state index contributed by atoms with van der Waals surface area (Å²) >= 11 is 0. The predicted molar refractivity (Wildman–Crippen MR) is 85.0 cm³/mol. The maximum atomic E-state index is 5.99. The van der Waals surface area contributed by atoms with Crippen molar-refractivity contribution in [1.29, 1.82) is 0 Å². The number of benzene rings is 1. The molecule has 1 aromatic carbocycles. The average molecular weight is 278 g/mol. The van der Waals surface area contributed by atoms with Gasteiger partial charge in [-0.1, -0.05) is 12.1 Å². The topological polar surface area (TPSA) is 25.2 Å². The van der Waals surface area contributed by atoms with Crippen LogP contribution in [0.4, 0.5) is 5.69 Å². The molecule has 0 atom stereocenters. The van der Waals surface area contributed by atoms with Crippen LogP contribution in [0.3, 0.4) is 0 Å². The van der Waals surface area contributed by atoms with Gasteiger partial charge in [0.15, 0.2) is 6.20 Å². The van der Waals surface area contributed by atoms with Gasteiger partial charge >= 0.3 is 6.98 Å². The zero-order chi connectivity index (χ0) is 14.6. The largest absolute Gasteiger partial charge is 0.671 e. The molecule has 0 amide bonds. The van der Waals surface area contributed by atoms with Gasteiger partial charge in [-0.2, -0.15) is 9.27 Å². The van der Waals surface area contributed by atoms with Crippen LogP contribution in [0.1, 0.15) is 12.7 Å². The van der Waals surface area contributed by atoms with E-state index in [4.69, 9.17) is 4.42 Å². The Kier molecular flexibility index (Phi) is 2.51. The van der Waals surface area contributed by atoms with Crippen LogP contribution in [-0.2, 0) is 7.05 Å². The van der Waals surface area contributed by atoms with Crippen LogP contribution in [0.2, 0.25) is 0 Å². The molecular formula is C16H17BN3O+. The second-order valence-corrected chi connectivity index (χ2v) is 5.63. The summed E-state index contributed by atoms with van der Waals surface area (Å²) in [5.41, 5.74) is 3.36. The van der Waals surface area contributed by atoms with Crippen LogP contribution in [0, 0.1) is 0 Å². The molecule has 1 aliphatic heterocycles. The molecule has 0 bridgehead atoms. The van der Waals surface area contributed by atoms with E-state index in [1.54, 1.807) is 0 Å². The van der Waals surface area contributed by atoms with Gasteiger partial charge in [-0.05, 0) is 25.1 Å². The number of aryl methyl sites for hydroxylation is 1. The Bertz CT molecular complexity index is 861. The lowest BCUT2D eigenvalue weighted by atomic mass is 9.64. The highest BCUT2D eigenvalue weighted by Crippen LogP contribution is 2.38. The van der Waals surface area contributed by atoms with Gasteiger partial charge < -0.3 is 9.23 Å². The van der Waals surface area contributed by atoms with Gasteiger partial charge in [0.25, 0.3) is 0 Å². The molecule has 4 rings (SSSR count). The van der Waals surface area contributed by atoms with Crippen LogP contribution in [0.5, 0.6) is 0 Å². The van der Waals surface area contributed by atoms with Crippen molar-refractivity contribution >= 4 is 29.7 Å². The molecule has 5 heteroatoms. The number of hydrogen-bond acceptors (Lipinski definition) is 2. The number of nitrogens with zero attached hydrogens (tertiary/aromatic N) is 3. The Hall–Kier alpha value is -2.43. The smallest absolute Gasteiger partial charge is 0.455 e. The van der Waals surface area contributed by atoms with Crippen LogP contribution < -0.4 is 9.40 Å². The third kappa shape index (κ3) is 1.67. The first-order valence-corrected chi connectivity index (χ1v) is 7.12. The van der Waals surface area contributed by atoms with Gasteiger partial charge in [0.05, 0.1) is 18.9 Å². The zero-order valence-electron chi connectivity index (χ0n) is 12.4. The van der Waals surface area contributed by atoms with Crippen LogP contribution in [0.25, 0.3) is 17.0 Å². The summed E-state index contributed by atoms with van der Waals surface area (Å²) in [6.07, 6.45) is 6.32. The van der Waals surface area contributed by atoms with Crippen molar-refractivity contribution in [2.75, 3.05) is 11.9 Å². The second kappa shape index (κ2) is 4.28. The molecule has 2 aromatic heterocycles. The number of fused-ring (bicyclic) bond motifs is 3. The van der Waals surface area contributed by atoms with E-state index in [-0.39, 0.29) is 6.98 Å². The van der Waals surface area contributed by atoms with Crippen molar-refractivity contribution in [2.24, 2.45) is 7.05 Å². The second-order valence-electron chi connectivity index (χ2n) is 5.63. The molecule has 3 heterocycles. The number of para-hydroxylation sites is 1. The third-order valence-electron chi connectivity index (χ3n) is 4.24. The molecule has 0 spiro atoms. The first-order valence-electron chi connectivity index (χ1n) is 7.12. The van der Waals surface area contributed by atoms with Crippen LogP contribution in [0.15, 0.2) is 52.6 Å². The Morgan fingerprint density at radius 3 is 2.71 bits per heavy atom. The molecule has 1 aliphatic rings. The lowest BCUT2D eigenvalue weighted by Crippen LogP contribution is -2.66. The van der Waals surface area contributed by atoms with Gasteiger partial charge in [-0.25, -0.2) is 0 Å². The number of rotatable bonds is 1. The fraction of sp³-hybridized carbons (Fsp3) is 0.188. The highest BCUT2D eigenvalue weighted by atomic mass is 16.3. The highest BCUT2D eigenvalue weighted by molar-refractivity contribution is 6.64. The maximum absolute atomic E-state index is 5.99. The maximum Gasteiger partial charge on any atom is 0.671 e. The van der Waals surface area contributed by atoms with Crippen molar-refractivity contribution in [3.63, 3.8) is 0 Å². The molecule has 0 unspecified atom stereocenters. The van der Waals surface area contributed by atoms with Crippen LogP contribution in [-0.4, -0.2) is 18.7 Å². The minimum Gasteiger partial charge on any atom is -0.455 e. The molecule has 0 N–H and O–H groups in total. The summed E-state index contributed by atoms with van der Waals surface area (Å²) in [5.74, 6) is 0.947. The summed E-state index contributed by atoms with van der Waals surface area (Å²) in [6.45, 7) is 2.32. The predicted octanol–water partition coefficient (Wildman–Crippen LogP) is 2.49. The van der Waals surface area contributed by atoms with E-state index < -0.39 is 0 Å². The zero-order valence-corrected chi connectivity index (χ0v) is 12.4. The molecule has 4 nitrogen and oxygen atoms in total. The highest BCUT2D eigenvalue weighted by Gasteiger charge is 2.45. The van der Waals surface area contributed by atoms with Crippen molar-refractivity contribution < 1.29 is 9.01 Å². The van der Waals surface area contributed by atoms with Crippen molar-refractivity contribution in [3.8, 4) is 0 Å². The third-order valence-corrected chi connectivity index (χ3v) is 4.24. The Morgan fingerprint density at radius 1 is 1.14 bits per heavy atom. The van der Waals surface area contributed by atoms with Gasteiger partial charge in [0, 0.05) is 24.0 Å². The van der Waals surface area contributed by atoms with Crippen molar-refractivity contribution in [1.82, 2.24) is 4.68 Å². The van der Waals surface area contributed by atoms with E-state index in [1.807, 2.05) is 12.1 Å². The first kappa shape index (κ1) is 12.3. The number of furan rings is 1. The van der Waals surface area contributed by atoms with E-state index in [2.05, 4.69) is 71.8 Å². The molecule has 0 fully saturated rings. The minimum atomic E-state index is 0.165. The Morgan fingerprint density at radius 2 is 1.95 bits per heavy atom. The summed E-state index contributed by atoms with van der Waals surface area (Å²) in [5, 5.41) is 1.17. The number of hydrogen-bond donors (Lipinski definition) is 0. The number of allylic oxidation sites excluding steroid dienone is 1. The molecule has 104 valence electrons. The fourth-order valence-corrected chi connectivity index (χ4v) is 3.29.